The van der Waals surface area contributed by atoms with Crippen LogP contribution in [0.4, 0.5) is 0 Å². The Bertz CT molecular complexity index is 1020. The molecule has 0 bridgehead atoms. The number of rotatable bonds is 28. The smallest absolute Gasteiger partial charge is 0.549 e. The number of carboxylic acids is 5. The quantitative estimate of drug-likeness (QED) is 0.0346. The molecule has 0 aliphatic rings. The first-order chi connectivity index (χ1) is 25.1. The molecular weight excluding hydrogens is 884 g/mol. The molecule has 54 heavy (non-hydrogen) atoms. The van der Waals surface area contributed by atoms with Crippen molar-refractivity contribution >= 4 is 29.8 Å². The van der Waals surface area contributed by atoms with Gasteiger partial charge in [0, 0.05) is 65.4 Å². The van der Waals surface area contributed by atoms with Crippen molar-refractivity contribution in [2.45, 2.75) is 48.8 Å². The van der Waals surface area contributed by atoms with E-state index in [1.165, 1.54) is 4.90 Å². The van der Waals surface area contributed by atoms with Crippen molar-refractivity contribution in [3.05, 3.63) is 0 Å². The molecule has 13 N–H and O–H groups in total. The van der Waals surface area contributed by atoms with Crippen LogP contribution in [0.1, 0.15) is 0 Å². The topological polar surface area (TPSA) is 434 Å². The Morgan fingerprint density at radius 1 is 0.519 bits per heavy atom. The van der Waals surface area contributed by atoms with Gasteiger partial charge < -0.3 is 106 Å². The summed E-state index contributed by atoms with van der Waals surface area (Å²) in [6.07, 6.45) is -11.3. The van der Waals surface area contributed by atoms with E-state index in [0.717, 1.165) is 9.80 Å². The van der Waals surface area contributed by atoms with Crippen LogP contribution in [0, 0.1) is 39.9 Å². The molecule has 0 saturated carbocycles. The van der Waals surface area contributed by atoms with Gasteiger partial charge in [-0.3, -0.25) is 19.5 Å². The van der Waals surface area contributed by atoms with Crippen LogP contribution in [0.5, 0.6) is 0 Å². The minimum atomic E-state index is -1.55. The molecule has 0 amide bonds. The predicted octanol–water partition coefficient (Wildman–Crippen LogP) is -14.7. The summed E-state index contributed by atoms with van der Waals surface area (Å²) >= 11 is 0. The Balaban J connectivity index is -0.000000401. The number of carbonyl (C=O) groups excluding carboxylic acids is 4. The molecule has 25 nitrogen and oxygen atoms in total. The van der Waals surface area contributed by atoms with Gasteiger partial charge >= 0.3 is 45.9 Å². The van der Waals surface area contributed by atoms with Gasteiger partial charge in [0.2, 0.25) is 0 Å². The van der Waals surface area contributed by atoms with Crippen LogP contribution >= 0.6 is 0 Å². The molecule has 0 aliphatic heterocycles. The number of aliphatic hydroxyl groups is 10. The summed E-state index contributed by atoms with van der Waals surface area (Å²) in [6.45, 7) is -4.98. The van der Waals surface area contributed by atoms with Crippen LogP contribution in [0.15, 0.2) is 0 Å². The molecule has 0 aliphatic carbocycles. The van der Waals surface area contributed by atoms with Gasteiger partial charge in [-0.2, -0.15) is 0 Å². The van der Waals surface area contributed by atoms with Crippen molar-refractivity contribution in [2.75, 3.05) is 99.3 Å². The van der Waals surface area contributed by atoms with Crippen LogP contribution in [0.25, 0.3) is 1.43 Å². The average molecular weight is 938 g/mol. The van der Waals surface area contributed by atoms with Gasteiger partial charge in [0.15, 0.2) is 0 Å². The van der Waals surface area contributed by atoms with Crippen molar-refractivity contribution in [1.82, 2.24) is 25.3 Å². The van der Waals surface area contributed by atoms with E-state index in [1.54, 1.807) is 14.1 Å². The molecule has 0 heterocycles. The molecule has 0 fully saturated rings. The molecular formula is C28H53GdN5O20-. The molecule has 0 spiro atoms. The monoisotopic (exact) mass is 938 g/mol. The normalized spacial score (nSPS) is 15.7. The molecule has 8 atom stereocenters. The Morgan fingerprint density at radius 3 is 1.04 bits per heavy atom. The zero-order valence-corrected chi connectivity index (χ0v) is 31.8. The zero-order chi connectivity index (χ0) is 42.6. The Kier molecular flexibility index (Phi) is 35.9. The van der Waals surface area contributed by atoms with Crippen molar-refractivity contribution in [3.8, 4) is 0 Å². The summed E-state index contributed by atoms with van der Waals surface area (Å²) in [5, 5.41) is 142. The zero-order valence-electron chi connectivity index (χ0n) is 30.6. The molecule has 26 heteroatoms. The van der Waals surface area contributed by atoms with Gasteiger partial charge in [-0.05, 0) is 14.1 Å². The molecule has 0 unspecified atom stereocenters. The van der Waals surface area contributed by atoms with Crippen LogP contribution in [0.3, 0.4) is 0 Å². The Labute approximate surface area is 343 Å². The first-order valence-corrected chi connectivity index (χ1v) is 15.7. The van der Waals surface area contributed by atoms with Gasteiger partial charge in [-0.25, -0.2) is 0 Å². The van der Waals surface area contributed by atoms with Crippen LogP contribution in [-0.2, 0) is 24.0 Å². The maximum absolute atomic E-state index is 11.1. The number of likely N-dealkylation sites (N-methyl/N-ethyl adjacent to an activating group) is 2. The molecule has 1 radical (unpaired) electrons. The molecule has 0 aromatic rings. The summed E-state index contributed by atoms with van der Waals surface area (Å²) in [5.74, 6) is -7.12. The fourth-order valence-corrected chi connectivity index (χ4v) is 3.96. The predicted molar refractivity (Wildman–Crippen MR) is 167 cm³/mol. The average Bonchev–Trinajstić information content (AvgIpc) is 3.10. The number of hydrogen-bond acceptors (Lipinski definition) is 25. The minimum Gasteiger partial charge on any atom is -0.549 e. The number of aliphatic hydroxyl groups excluding tert-OH is 10. The van der Waals surface area contributed by atoms with Crippen molar-refractivity contribution in [3.63, 3.8) is 0 Å². The number of aliphatic carboxylic acids is 5. The fourth-order valence-electron chi connectivity index (χ4n) is 3.96. The number of nitrogens with zero attached hydrogens (tertiary/aromatic N) is 3. The van der Waals surface area contributed by atoms with E-state index in [0.29, 0.717) is 0 Å². The summed E-state index contributed by atoms with van der Waals surface area (Å²) in [4.78, 5) is 57.2. The van der Waals surface area contributed by atoms with Gasteiger partial charge in [-0.1, -0.05) is 0 Å². The van der Waals surface area contributed by atoms with Crippen LogP contribution in [0.2, 0.25) is 0 Å². The van der Waals surface area contributed by atoms with E-state index in [2.05, 4.69) is 15.7 Å². The third kappa shape index (κ3) is 31.3. The van der Waals surface area contributed by atoms with E-state index in [1.807, 2.05) is 0 Å². The molecule has 0 rings (SSSR count). The molecule has 0 aromatic heterocycles. The molecule has 0 saturated heterocycles. The van der Waals surface area contributed by atoms with Gasteiger partial charge in [-0.15, -0.1) is 0 Å². The number of nitrogens with one attached hydrogen (secondary N) is 2. The maximum atomic E-state index is 11.1. The third-order valence-corrected chi connectivity index (χ3v) is 6.71. The fraction of sp³-hybridized carbons (Fsp3) is 0.821. The second kappa shape index (κ2) is 34.3. The molecule has 0 aromatic carbocycles. The number of carbonyl (C=O) groups is 5. The van der Waals surface area contributed by atoms with Crippen LogP contribution < -0.4 is 31.1 Å². The van der Waals surface area contributed by atoms with Gasteiger partial charge in [0.25, 0.3) is 1.43 Å². The van der Waals surface area contributed by atoms with Crippen molar-refractivity contribution < 1.29 is 141 Å². The number of hydrogen-bond donors (Lipinski definition) is 13. The Hall–Kier alpha value is -1.93. The largest absolute Gasteiger partial charge is 3.00 e. The minimum absolute atomic E-state index is 0. The first-order valence-electron chi connectivity index (χ1n) is 16.1. The van der Waals surface area contributed by atoms with E-state index in [9.17, 15) is 54.6 Å². The third-order valence-electron chi connectivity index (χ3n) is 6.71. The summed E-state index contributed by atoms with van der Waals surface area (Å²) in [7, 11) is 3.15. The standard InChI is InChI=1S/C14H23N3O10.2C7H17NO5.Gd/c18-10(19)5-15(1-3-16(6-11(20)21)7-12(22)23)2-4-17(8-13(24)25)9-14(26)27;2*1-8-2-4(10)6(12)7(13)5(11)3-9;/h1-9H2,(H,18,19)(H,20,21)(H,22,23)(H,24,25)(H,26,27);2*4-13H,2-3H2,1H3;/q;;;+3/p-4/t;2*4-,5+,6+,7+;/m.00./s1/i/hD. The summed E-state index contributed by atoms with van der Waals surface area (Å²) in [5.41, 5.74) is 0. The van der Waals surface area contributed by atoms with Crippen molar-refractivity contribution in [2.24, 2.45) is 0 Å². The summed E-state index contributed by atoms with van der Waals surface area (Å²) < 4.78 is 6.47. The first kappa shape index (κ1) is 56.4. The second-order valence-corrected chi connectivity index (χ2v) is 11.3. The van der Waals surface area contributed by atoms with E-state index < -0.39 is 125 Å². The maximum Gasteiger partial charge on any atom is 3.00 e. The molecule has 319 valence electrons. The van der Waals surface area contributed by atoms with E-state index in [4.69, 9.17) is 42.3 Å². The second-order valence-electron chi connectivity index (χ2n) is 11.3. The number of carboxylic acid groups (broad SMARTS) is 5. The van der Waals surface area contributed by atoms with Gasteiger partial charge in [0.1, 0.15) is 36.6 Å². The SMILES string of the molecule is CNC[C@H](O)[C@@H](O)[C@H](O)[C@H](O)CO.CNC[C@H](O)[C@@H](O)[C@H](O)[C@H](O)CO.[2H]OC(=O)CN(CCN(CCN(CC(=O)[O-])CC(=O)[O-])CC(=O)[O-])CC(=O)[O-].[Gd+3]. The summed E-state index contributed by atoms with van der Waals surface area (Å²) in [6, 6.07) is 0. The van der Waals surface area contributed by atoms with E-state index in [-0.39, 0.29) is 79.2 Å². The van der Waals surface area contributed by atoms with E-state index >= 15 is 0 Å². The van der Waals surface area contributed by atoms with Gasteiger partial charge in [0.05, 0.1) is 55.8 Å². The Morgan fingerprint density at radius 2 is 0.778 bits per heavy atom. The van der Waals surface area contributed by atoms with Crippen LogP contribution in [-0.4, -0.2) is 249 Å². The van der Waals surface area contributed by atoms with Crippen molar-refractivity contribution in [1.29, 1.82) is 1.43 Å².